The first kappa shape index (κ1) is 17.0. The zero-order chi connectivity index (χ0) is 17.1. The summed E-state index contributed by atoms with van der Waals surface area (Å²) in [4.78, 5) is 14.5. The fraction of sp³-hybridized carbons (Fsp3) is 0.667. The molecule has 4 rings (SSSR count). The van der Waals surface area contributed by atoms with Gasteiger partial charge in [0.05, 0.1) is 18.3 Å². The fourth-order valence-electron chi connectivity index (χ4n) is 4.59. The predicted molar refractivity (Wildman–Crippen MR) is 96.6 cm³/mol. The van der Waals surface area contributed by atoms with Gasteiger partial charge in [-0.25, -0.2) is 0 Å². The summed E-state index contributed by atoms with van der Waals surface area (Å²) in [6, 6.07) is 9.58. The number of carbonyl (C=O) groups excluding carboxylic acids is 1. The normalized spacial score (nSPS) is 26.4. The average Bonchev–Trinajstić information content (AvgIpc) is 3.31. The van der Waals surface area contributed by atoms with Gasteiger partial charge in [0, 0.05) is 31.7 Å². The van der Waals surface area contributed by atoms with Gasteiger partial charge in [0.2, 0.25) is 0 Å². The smallest absolute Gasteiger partial charge is 0.253 e. The van der Waals surface area contributed by atoms with Crippen LogP contribution in [-0.4, -0.2) is 48.8 Å². The second-order valence-electron chi connectivity index (χ2n) is 7.96. The molecule has 0 N–H and O–H groups in total. The molecule has 136 valence electrons. The van der Waals surface area contributed by atoms with Crippen molar-refractivity contribution in [3.05, 3.63) is 35.9 Å². The lowest BCUT2D eigenvalue weighted by Crippen LogP contribution is -2.46. The molecule has 1 aromatic rings. The highest BCUT2D eigenvalue weighted by Gasteiger charge is 2.44. The van der Waals surface area contributed by atoms with Gasteiger partial charge < -0.3 is 14.4 Å². The minimum Gasteiger partial charge on any atom is -0.375 e. The zero-order valence-corrected chi connectivity index (χ0v) is 15.0. The van der Waals surface area contributed by atoms with E-state index >= 15 is 0 Å². The summed E-state index contributed by atoms with van der Waals surface area (Å²) >= 11 is 0. The van der Waals surface area contributed by atoms with Crippen LogP contribution in [0.3, 0.4) is 0 Å². The Morgan fingerprint density at radius 1 is 1.16 bits per heavy atom. The Kier molecular flexibility index (Phi) is 5.09. The minimum absolute atomic E-state index is 0.0617. The van der Waals surface area contributed by atoms with Crippen LogP contribution < -0.4 is 0 Å². The molecule has 1 aromatic carbocycles. The summed E-state index contributed by atoms with van der Waals surface area (Å²) in [6.07, 6.45) is 8.48. The topological polar surface area (TPSA) is 38.8 Å². The fourth-order valence-corrected chi connectivity index (χ4v) is 4.59. The van der Waals surface area contributed by atoms with Crippen molar-refractivity contribution in [2.45, 2.75) is 56.7 Å². The van der Waals surface area contributed by atoms with Crippen molar-refractivity contribution in [2.24, 2.45) is 5.92 Å². The maximum absolute atomic E-state index is 12.6. The van der Waals surface area contributed by atoms with Crippen LogP contribution in [0.25, 0.3) is 0 Å². The van der Waals surface area contributed by atoms with Crippen molar-refractivity contribution in [3.63, 3.8) is 0 Å². The van der Waals surface area contributed by atoms with Crippen molar-refractivity contribution in [2.75, 3.05) is 26.3 Å². The Bertz CT molecular complexity index is 574. The maximum Gasteiger partial charge on any atom is 0.253 e. The Morgan fingerprint density at radius 3 is 2.60 bits per heavy atom. The van der Waals surface area contributed by atoms with E-state index in [0.717, 1.165) is 57.0 Å². The molecule has 4 heteroatoms. The number of hydrogen-bond donors (Lipinski definition) is 0. The summed E-state index contributed by atoms with van der Waals surface area (Å²) in [5.41, 5.74) is 0.719. The van der Waals surface area contributed by atoms with E-state index in [1.54, 1.807) is 0 Å². The van der Waals surface area contributed by atoms with E-state index in [1.807, 2.05) is 35.2 Å². The molecule has 1 aliphatic carbocycles. The molecular weight excluding hydrogens is 314 g/mol. The number of carbonyl (C=O) groups is 1. The lowest BCUT2D eigenvalue weighted by molar-refractivity contribution is -0.0414. The third-order valence-corrected chi connectivity index (χ3v) is 6.20. The number of ether oxygens (including phenoxy) is 2. The van der Waals surface area contributed by atoms with Crippen molar-refractivity contribution in [1.29, 1.82) is 0 Å². The molecule has 1 amide bonds. The van der Waals surface area contributed by atoms with Gasteiger partial charge in [-0.3, -0.25) is 4.79 Å². The molecule has 2 saturated heterocycles. The van der Waals surface area contributed by atoms with Crippen LogP contribution in [0.5, 0.6) is 0 Å². The molecule has 1 saturated carbocycles. The average molecular weight is 343 g/mol. The lowest BCUT2D eigenvalue weighted by Gasteiger charge is -2.38. The quantitative estimate of drug-likeness (QED) is 0.837. The highest BCUT2D eigenvalue weighted by Crippen LogP contribution is 2.38. The molecule has 2 aliphatic heterocycles. The molecule has 0 aromatic heterocycles. The minimum atomic E-state index is -0.0617. The number of likely N-dealkylation sites (tertiary alicyclic amines) is 1. The van der Waals surface area contributed by atoms with E-state index in [0.29, 0.717) is 0 Å². The predicted octanol–water partition coefficient (Wildman–Crippen LogP) is 3.66. The maximum atomic E-state index is 12.6. The first-order chi connectivity index (χ1) is 12.2. The van der Waals surface area contributed by atoms with Gasteiger partial charge in [-0.05, 0) is 43.7 Å². The van der Waals surface area contributed by atoms with E-state index < -0.39 is 0 Å². The van der Waals surface area contributed by atoms with Crippen LogP contribution >= 0.6 is 0 Å². The SMILES string of the molecule is O=C(c1ccccc1)N1CCC2(CC1)C[C@@H](OCC1CCCC1)CO2. The first-order valence-electron chi connectivity index (χ1n) is 9.84. The number of amides is 1. The van der Waals surface area contributed by atoms with Crippen molar-refractivity contribution in [3.8, 4) is 0 Å². The van der Waals surface area contributed by atoms with E-state index in [4.69, 9.17) is 9.47 Å². The van der Waals surface area contributed by atoms with Crippen LogP contribution in [0.1, 0.15) is 55.3 Å². The van der Waals surface area contributed by atoms with Gasteiger partial charge in [0.1, 0.15) is 0 Å². The molecule has 0 radical (unpaired) electrons. The molecular formula is C21H29NO3. The molecule has 1 spiro atoms. The third kappa shape index (κ3) is 3.90. The van der Waals surface area contributed by atoms with Crippen molar-refractivity contribution >= 4 is 5.91 Å². The van der Waals surface area contributed by atoms with Crippen molar-refractivity contribution < 1.29 is 14.3 Å². The Hall–Kier alpha value is -1.39. The number of rotatable bonds is 4. The summed E-state index contributed by atoms with van der Waals surface area (Å²) in [6.45, 7) is 3.19. The van der Waals surface area contributed by atoms with E-state index in [1.165, 1.54) is 25.7 Å². The van der Waals surface area contributed by atoms with Gasteiger partial charge in [0.25, 0.3) is 5.91 Å². The summed E-state index contributed by atoms with van der Waals surface area (Å²) in [7, 11) is 0. The second-order valence-corrected chi connectivity index (χ2v) is 7.96. The van der Waals surface area contributed by atoms with Gasteiger partial charge >= 0.3 is 0 Å². The van der Waals surface area contributed by atoms with Crippen molar-refractivity contribution in [1.82, 2.24) is 4.90 Å². The molecule has 0 unspecified atom stereocenters. The molecule has 1 atom stereocenters. The second kappa shape index (κ2) is 7.46. The highest BCUT2D eigenvalue weighted by molar-refractivity contribution is 5.94. The number of nitrogens with zero attached hydrogens (tertiary/aromatic N) is 1. The molecule has 0 bridgehead atoms. The van der Waals surface area contributed by atoms with Crippen LogP contribution in [0, 0.1) is 5.92 Å². The van der Waals surface area contributed by atoms with Crippen LogP contribution in [0.2, 0.25) is 0 Å². The van der Waals surface area contributed by atoms with E-state index in [-0.39, 0.29) is 17.6 Å². The third-order valence-electron chi connectivity index (χ3n) is 6.20. The van der Waals surface area contributed by atoms with Crippen LogP contribution in [-0.2, 0) is 9.47 Å². The largest absolute Gasteiger partial charge is 0.375 e. The van der Waals surface area contributed by atoms with Crippen LogP contribution in [0.15, 0.2) is 30.3 Å². The Morgan fingerprint density at radius 2 is 1.88 bits per heavy atom. The van der Waals surface area contributed by atoms with Gasteiger partial charge in [0.15, 0.2) is 0 Å². The zero-order valence-electron chi connectivity index (χ0n) is 15.0. The lowest BCUT2D eigenvalue weighted by atomic mass is 9.87. The molecule has 3 aliphatic rings. The summed E-state index contributed by atoms with van der Waals surface area (Å²) in [5.74, 6) is 0.907. The standard InChI is InChI=1S/C21H29NO3/c23-20(18-8-2-1-3-9-18)22-12-10-21(11-13-22)14-19(16-25-21)24-15-17-6-4-5-7-17/h1-3,8-9,17,19H,4-7,10-16H2/t19-/m1/s1. The Balaban J connectivity index is 1.26. The van der Waals surface area contributed by atoms with E-state index in [2.05, 4.69) is 0 Å². The number of piperidine rings is 1. The molecule has 4 nitrogen and oxygen atoms in total. The monoisotopic (exact) mass is 343 g/mol. The van der Waals surface area contributed by atoms with E-state index in [9.17, 15) is 4.79 Å². The van der Waals surface area contributed by atoms with Gasteiger partial charge in [-0.2, -0.15) is 0 Å². The molecule has 3 fully saturated rings. The Labute approximate surface area is 150 Å². The summed E-state index contributed by atoms with van der Waals surface area (Å²) in [5, 5.41) is 0. The number of benzene rings is 1. The highest BCUT2D eigenvalue weighted by atomic mass is 16.6. The van der Waals surface area contributed by atoms with Gasteiger partial charge in [-0.1, -0.05) is 31.0 Å². The number of hydrogen-bond acceptors (Lipinski definition) is 3. The summed E-state index contributed by atoms with van der Waals surface area (Å²) < 4.78 is 12.3. The first-order valence-corrected chi connectivity index (χ1v) is 9.84. The van der Waals surface area contributed by atoms with Gasteiger partial charge in [-0.15, -0.1) is 0 Å². The van der Waals surface area contributed by atoms with Crippen LogP contribution in [0.4, 0.5) is 0 Å². The molecule has 2 heterocycles. The molecule has 25 heavy (non-hydrogen) atoms.